The van der Waals surface area contributed by atoms with Crippen LogP contribution in [0.3, 0.4) is 0 Å². The van der Waals surface area contributed by atoms with Crippen LogP contribution in [0.4, 0.5) is 9.18 Å². The van der Waals surface area contributed by atoms with Gasteiger partial charge in [-0.1, -0.05) is 0 Å². The van der Waals surface area contributed by atoms with Gasteiger partial charge in [-0.2, -0.15) is 0 Å². The van der Waals surface area contributed by atoms with Crippen LogP contribution in [0.5, 0.6) is 0 Å². The normalized spacial score (nSPS) is 15.2. The molecule has 0 N–H and O–H groups in total. The number of carbonyl (C=O) groups is 1. The molecule has 1 aliphatic heterocycles. The van der Waals surface area contributed by atoms with Gasteiger partial charge in [-0.15, -0.1) is 0 Å². The number of likely N-dealkylation sites (tertiary alicyclic amines) is 1. The number of ether oxygens (including phenoxy) is 1. The number of rotatable bonds is 2. The molecule has 0 radical (unpaired) electrons. The van der Waals surface area contributed by atoms with Crippen LogP contribution in [0.15, 0.2) is 41.8 Å². The molecule has 0 spiro atoms. The fourth-order valence-electron chi connectivity index (χ4n) is 4.42. The number of hydrogen-bond donors (Lipinski definition) is 0. The van der Waals surface area contributed by atoms with Crippen LogP contribution in [0.2, 0.25) is 0 Å². The average molecular weight is 479 g/mol. The Morgan fingerprint density at radius 3 is 2.60 bits per heavy atom. The molecule has 4 aromatic rings. The van der Waals surface area contributed by atoms with E-state index in [1.807, 2.05) is 20.8 Å². The van der Waals surface area contributed by atoms with E-state index in [4.69, 9.17) is 4.74 Å². The van der Waals surface area contributed by atoms with Crippen molar-refractivity contribution in [2.45, 2.75) is 52.2 Å². The third-order valence-corrected chi connectivity index (χ3v) is 6.10. The molecule has 0 atom stereocenters. The average Bonchev–Trinajstić information content (AvgIpc) is 3.19. The summed E-state index contributed by atoms with van der Waals surface area (Å²) in [6.45, 7) is 8.32. The van der Waals surface area contributed by atoms with Crippen LogP contribution < -0.4 is 5.56 Å². The van der Waals surface area contributed by atoms with E-state index in [0.717, 1.165) is 0 Å². The second kappa shape index (κ2) is 8.44. The highest BCUT2D eigenvalue weighted by Crippen LogP contribution is 2.25. The van der Waals surface area contributed by atoms with Crippen molar-refractivity contribution in [3.63, 3.8) is 0 Å². The van der Waals surface area contributed by atoms with Crippen molar-refractivity contribution >= 4 is 22.6 Å². The van der Waals surface area contributed by atoms with Gasteiger partial charge < -0.3 is 14.0 Å². The summed E-state index contributed by atoms with van der Waals surface area (Å²) in [5.74, 6) is -0.446. The van der Waals surface area contributed by atoms with E-state index in [1.54, 1.807) is 45.6 Å². The summed E-state index contributed by atoms with van der Waals surface area (Å²) in [5, 5.41) is 0.394. The van der Waals surface area contributed by atoms with Crippen molar-refractivity contribution in [2.24, 2.45) is 0 Å². The van der Waals surface area contributed by atoms with E-state index in [2.05, 4.69) is 15.0 Å². The van der Waals surface area contributed by atoms with Gasteiger partial charge in [0.05, 0.1) is 28.6 Å². The molecule has 9 nitrogen and oxygen atoms in total. The summed E-state index contributed by atoms with van der Waals surface area (Å²) in [4.78, 5) is 40.3. The number of carbonyl (C=O) groups excluding carboxylic acids is 1. The number of pyridine rings is 2. The Labute approximate surface area is 201 Å². The molecule has 1 saturated heterocycles. The molecule has 10 heteroatoms. The number of aromatic nitrogens is 5. The van der Waals surface area contributed by atoms with E-state index >= 15 is 0 Å². The largest absolute Gasteiger partial charge is 0.444 e. The monoisotopic (exact) mass is 478 g/mol. The number of imidazole rings is 1. The number of aryl methyl sites for hydroxylation is 1. The lowest BCUT2D eigenvalue weighted by Crippen LogP contribution is -2.43. The van der Waals surface area contributed by atoms with Crippen LogP contribution >= 0.6 is 0 Å². The Bertz CT molecular complexity index is 1500. The molecule has 5 heterocycles. The first-order valence-electron chi connectivity index (χ1n) is 11.6. The SMILES string of the molecule is Cc1cn2cc(-c3cc4ncn(C5CCN(C(=O)OC(C)(C)C)CC5)c(=O)c4cn3)cc(F)c2n1. The van der Waals surface area contributed by atoms with Gasteiger partial charge in [0.15, 0.2) is 11.5 Å². The highest BCUT2D eigenvalue weighted by molar-refractivity contribution is 5.81. The van der Waals surface area contributed by atoms with Crippen molar-refractivity contribution in [1.29, 1.82) is 0 Å². The lowest BCUT2D eigenvalue weighted by atomic mass is 10.0. The van der Waals surface area contributed by atoms with Gasteiger partial charge in [-0.25, -0.2) is 19.2 Å². The molecular weight excluding hydrogens is 451 g/mol. The van der Waals surface area contributed by atoms with E-state index in [1.165, 1.54) is 12.3 Å². The molecule has 0 saturated carbocycles. The van der Waals surface area contributed by atoms with Gasteiger partial charge in [0.1, 0.15) is 5.60 Å². The van der Waals surface area contributed by atoms with E-state index in [-0.39, 0.29) is 23.3 Å². The Morgan fingerprint density at radius 1 is 1.14 bits per heavy atom. The topological polar surface area (TPSA) is 94.6 Å². The van der Waals surface area contributed by atoms with Crippen LogP contribution in [0.1, 0.15) is 45.3 Å². The van der Waals surface area contributed by atoms with Crippen LogP contribution in [-0.2, 0) is 4.74 Å². The third kappa shape index (κ3) is 4.48. The van der Waals surface area contributed by atoms with Crippen LogP contribution in [0, 0.1) is 12.7 Å². The smallest absolute Gasteiger partial charge is 0.410 e. The van der Waals surface area contributed by atoms with Crippen molar-refractivity contribution in [3.05, 3.63) is 58.9 Å². The van der Waals surface area contributed by atoms with Crippen molar-refractivity contribution < 1.29 is 13.9 Å². The molecule has 35 heavy (non-hydrogen) atoms. The number of hydrogen-bond acceptors (Lipinski definition) is 6. The summed E-state index contributed by atoms with van der Waals surface area (Å²) in [7, 11) is 0. The third-order valence-electron chi connectivity index (χ3n) is 6.10. The minimum Gasteiger partial charge on any atom is -0.444 e. The minimum absolute atomic E-state index is 0.0706. The first-order valence-corrected chi connectivity index (χ1v) is 11.6. The fourth-order valence-corrected chi connectivity index (χ4v) is 4.42. The van der Waals surface area contributed by atoms with Crippen LogP contribution in [0.25, 0.3) is 27.8 Å². The number of piperidine rings is 1. The Morgan fingerprint density at radius 2 is 1.89 bits per heavy atom. The van der Waals surface area contributed by atoms with Gasteiger partial charge in [-0.05, 0) is 52.7 Å². The van der Waals surface area contributed by atoms with Gasteiger partial charge in [0.2, 0.25) is 0 Å². The minimum atomic E-state index is -0.547. The maximum atomic E-state index is 14.5. The number of amides is 1. The Hall–Kier alpha value is -3.82. The first kappa shape index (κ1) is 22.9. The molecule has 1 fully saturated rings. The zero-order chi connectivity index (χ0) is 24.9. The zero-order valence-corrected chi connectivity index (χ0v) is 20.2. The summed E-state index contributed by atoms with van der Waals surface area (Å²) >= 11 is 0. The molecule has 0 bridgehead atoms. The summed E-state index contributed by atoms with van der Waals surface area (Å²) in [6, 6.07) is 3.00. The van der Waals surface area contributed by atoms with Gasteiger partial charge in [0, 0.05) is 43.3 Å². The molecule has 0 aliphatic carbocycles. The van der Waals surface area contributed by atoms with Gasteiger partial charge in [0.25, 0.3) is 5.56 Å². The van der Waals surface area contributed by atoms with E-state index in [0.29, 0.717) is 53.8 Å². The number of nitrogens with zero attached hydrogens (tertiary/aromatic N) is 6. The summed E-state index contributed by atoms with van der Waals surface area (Å²) in [6.07, 6.45) is 7.46. The Kier molecular flexibility index (Phi) is 5.53. The number of halogens is 1. The van der Waals surface area contributed by atoms with E-state index in [9.17, 15) is 14.0 Å². The number of fused-ring (bicyclic) bond motifs is 2. The van der Waals surface area contributed by atoms with Crippen molar-refractivity contribution in [2.75, 3.05) is 13.1 Å². The summed E-state index contributed by atoms with van der Waals surface area (Å²) < 4.78 is 23.2. The Balaban J connectivity index is 1.39. The fraction of sp³-hybridized carbons (Fsp3) is 0.400. The van der Waals surface area contributed by atoms with Gasteiger partial charge >= 0.3 is 6.09 Å². The zero-order valence-electron chi connectivity index (χ0n) is 20.2. The molecule has 0 aromatic carbocycles. The highest BCUT2D eigenvalue weighted by atomic mass is 19.1. The lowest BCUT2D eigenvalue weighted by molar-refractivity contribution is 0.0187. The highest BCUT2D eigenvalue weighted by Gasteiger charge is 2.28. The van der Waals surface area contributed by atoms with Crippen molar-refractivity contribution in [1.82, 2.24) is 28.8 Å². The maximum Gasteiger partial charge on any atom is 0.410 e. The summed E-state index contributed by atoms with van der Waals surface area (Å²) in [5.41, 5.74) is 1.81. The molecule has 1 aliphatic rings. The molecule has 5 rings (SSSR count). The molecule has 4 aromatic heterocycles. The second-order valence-electron chi connectivity index (χ2n) is 9.93. The predicted molar refractivity (Wildman–Crippen MR) is 129 cm³/mol. The standard InChI is InChI=1S/C25H27FN6O3/c1-15-12-31-13-16(9-19(26)22(31)29-15)20-10-21-18(11-27-20)23(33)32(14-28-21)17-5-7-30(8-6-17)24(34)35-25(2,3)4/h9-14,17H,5-8H2,1-4H3. The maximum absolute atomic E-state index is 14.5. The lowest BCUT2D eigenvalue weighted by Gasteiger charge is -2.34. The first-order chi connectivity index (χ1) is 16.6. The molecule has 0 unspecified atom stereocenters. The van der Waals surface area contributed by atoms with Crippen LogP contribution in [-0.4, -0.2) is 53.6 Å². The molecule has 1 amide bonds. The molecular formula is C25H27FN6O3. The van der Waals surface area contributed by atoms with E-state index < -0.39 is 11.4 Å². The van der Waals surface area contributed by atoms with Crippen molar-refractivity contribution in [3.8, 4) is 11.3 Å². The quantitative estimate of drug-likeness (QED) is 0.430. The predicted octanol–water partition coefficient (Wildman–Crippen LogP) is 4.13. The van der Waals surface area contributed by atoms with Gasteiger partial charge in [-0.3, -0.25) is 14.3 Å². The second-order valence-corrected chi connectivity index (χ2v) is 9.93. The molecule has 182 valence electrons.